The molecule has 0 aliphatic rings. The fraction of sp³-hybridized carbons (Fsp3) is 0.667. The van der Waals surface area contributed by atoms with Crippen molar-refractivity contribution in [2.24, 2.45) is 0 Å². The van der Waals surface area contributed by atoms with Crippen LogP contribution in [0, 0.1) is 0 Å². The van der Waals surface area contributed by atoms with E-state index in [0.29, 0.717) is 13.1 Å². The van der Waals surface area contributed by atoms with Crippen molar-refractivity contribution in [3.63, 3.8) is 0 Å². The molecule has 0 aliphatic carbocycles. The van der Waals surface area contributed by atoms with Crippen LogP contribution in [0.25, 0.3) is 0 Å². The van der Waals surface area contributed by atoms with Crippen molar-refractivity contribution >= 4 is 10.0 Å². The van der Waals surface area contributed by atoms with E-state index in [-0.39, 0.29) is 17.5 Å². The number of rotatable bonds is 9. The van der Waals surface area contributed by atoms with Crippen molar-refractivity contribution in [2.75, 3.05) is 26.2 Å². The lowest BCUT2D eigenvalue weighted by atomic mass is 10.4. The molecule has 0 aromatic carbocycles. The van der Waals surface area contributed by atoms with Gasteiger partial charge in [0.1, 0.15) is 12.4 Å². The van der Waals surface area contributed by atoms with Gasteiger partial charge in [0.25, 0.3) is 10.0 Å². The summed E-state index contributed by atoms with van der Waals surface area (Å²) in [5.41, 5.74) is 0. The van der Waals surface area contributed by atoms with E-state index in [1.165, 1.54) is 12.1 Å². The Morgan fingerprint density at radius 1 is 1.32 bits per heavy atom. The number of hydrogen-bond acceptors (Lipinski definition) is 5. The van der Waals surface area contributed by atoms with Crippen molar-refractivity contribution in [2.45, 2.75) is 32.0 Å². The van der Waals surface area contributed by atoms with E-state index in [9.17, 15) is 8.42 Å². The van der Waals surface area contributed by atoms with Crippen LogP contribution in [-0.2, 0) is 16.6 Å². The molecular formula is C12H22N2O4S. The van der Waals surface area contributed by atoms with Crippen molar-refractivity contribution < 1.29 is 17.9 Å². The number of furan rings is 1. The molecule has 0 aliphatic heterocycles. The molecule has 1 heterocycles. The van der Waals surface area contributed by atoms with Gasteiger partial charge >= 0.3 is 0 Å². The molecule has 0 unspecified atom stereocenters. The number of nitrogens with zero attached hydrogens (tertiary/aromatic N) is 1. The highest BCUT2D eigenvalue weighted by Crippen LogP contribution is 2.13. The molecule has 0 bridgehead atoms. The Kier molecular flexibility index (Phi) is 6.50. The second kappa shape index (κ2) is 7.64. The number of hydrogen-bond donors (Lipinski definition) is 2. The zero-order chi connectivity index (χ0) is 14.3. The zero-order valence-electron chi connectivity index (χ0n) is 11.4. The molecule has 6 nitrogen and oxygen atoms in total. The highest BCUT2D eigenvalue weighted by molar-refractivity contribution is 7.89. The summed E-state index contributed by atoms with van der Waals surface area (Å²) in [6, 6.07) is 2.79. The third kappa shape index (κ3) is 4.94. The third-order valence-corrected chi connectivity index (χ3v) is 4.10. The summed E-state index contributed by atoms with van der Waals surface area (Å²) in [6.07, 6.45) is 1.04. The Labute approximate surface area is 114 Å². The molecule has 7 heteroatoms. The Balaban J connectivity index is 2.51. The summed E-state index contributed by atoms with van der Waals surface area (Å²) >= 11 is 0. The maximum absolute atomic E-state index is 11.9. The first-order valence-electron chi connectivity index (χ1n) is 6.45. The average molecular weight is 290 g/mol. The van der Waals surface area contributed by atoms with Crippen LogP contribution in [0.3, 0.4) is 0 Å². The second-order valence-electron chi connectivity index (χ2n) is 4.21. The highest BCUT2D eigenvalue weighted by atomic mass is 32.2. The Morgan fingerprint density at radius 2 is 2.05 bits per heavy atom. The van der Waals surface area contributed by atoms with Gasteiger partial charge in [-0.25, -0.2) is 13.1 Å². The van der Waals surface area contributed by atoms with Gasteiger partial charge in [-0.15, -0.1) is 0 Å². The van der Waals surface area contributed by atoms with Gasteiger partial charge in [-0.1, -0.05) is 13.8 Å². The number of aliphatic hydroxyl groups is 1. The van der Waals surface area contributed by atoms with E-state index < -0.39 is 10.0 Å². The third-order valence-electron chi connectivity index (χ3n) is 2.76. The molecule has 0 atom stereocenters. The van der Waals surface area contributed by atoms with Crippen molar-refractivity contribution in [3.8, 4) is 0 Å². The first-order chi connectivity index (χ1) is 9.03. The van der Waals surface area contributed by atoms with E-state index in [2.05, 4.69) is 16.5 Å². The second-order valence-corrected chi connectivity index (χ2v) is 5.91. The Bertz CT molecular complexity index is 470. The monoisotopic (exact) mass is 290 g/mol. The Hall–Kier alpha value is -0.890. The molecule has 19 heavy (non-hydrogen) atoms. The van der Waals surface area contributed by atoms with Crippen LogP contribution in [0.15, 0.2) is 21.6 Å². The number of aliphatic hydroxyl groups excluding tert-OH is 1. The summed E-state index contributed by atoms with van der Waals surface area (Å²) in [6.45, 7) is 6.67. The first-order valence-corrected chi connectivity index (χ1v) is 7.93. The van der Waals surface area contributed by atoms with Crippen LogP contribution in [0.4, 0.5) is 0 Å². The largest absolute Gasteiger partial charge is 0.446 e. The molecule has 0 fully saturated rings. The fourth-order valence-electron chi connectivity index (χ4n) is 1.74. The fourth-order valence-corrected chi connectivity index (χ4v) is 2.71. The van der Waals surface area contributed by atoms with E-state index in [0.717, 1.165) is 19.5 Å². The minimum absolute atomic E-state index is 0.157. The molecule has 1 aromatic rings. The SMILES string of the molecule is CCCN(CC)CCNS(=O)(=O)c1ccc(CO)o1. The van der Waals surface area contributed by atoms with Gasteiger partial charge in [0, 0.05) is 13.1 Å². The van der Waals surface area contributed by atoms with E-state index in [1.807, 2.05) is 6.92 Å². The van der Waals surface area contributed by atoms with Gasteiger partial charge in [-0.05, 0) is 31.6 Å². The number of sulfonamides is 1. The Morgan fingerprint density at radius 3 is 2.58 bits per heavy atom. The lowest BCUT2D eigenvalue weighted by Crippen LogP contribution is -2.35. The number of likely N-dealkylation sites (N-methyl/N-ethyl adjacent to an activating group) is 1. The number of nitrogens with one attached hydrogen (secondary N) is 1. The van der Waals surface area contributed by atoms with Crippen molar-refractivity contribution in [1.82, 2.24) is 9.62 Å². The highest BCUT2D eigenvalue weighted by Gasteiger charge is 2.18. The standard InChI is InChI=1S/C12H22N2O4S/c1-3-8-14(4-2)9-7-13-19(16,17)12-6-5-11(10-15)18-12/h5-6,13,15H,3-4,7-10H2,1-2H3. The summed E-state index contributed by atoms with van der Waals surface area (Å²) in [5, 5.41) is 8.68. The van der Waals surface area contributed by atoms with Crippen molar-refractivity contribution in [1.29, 1.82) is 0 Å². The molecule has 0 spiro atoms. The van der Waals surface area contributed by atoms with Crippen molar-refractivity contribution in [3.05, 3.63) is 17.9 Å². The van der Waals surface area contributed by atoms with E-state index in [4.69, 9.17) is 9.52 Å². The van der Waals surface area contributed by atoms with Gasteiger partial charge in [0.05, 0.1) is 0 Å². The van der Waals surface area contributed by atoms with Crippen LogP contribution in [0.1, 0.15) is 26.0 Å². The maximum Gasteiger partial charge on any atom is 0.274 e. The molecule has 0 radical (unpaired) electrons. The van der Waals surface area contributed by atoms with Crippen LogP contribution in [0.5, 0.6) is 0 Å². The minimum atomic E-state index is -3.62. The molecular weight excluding hydrogens is 268 g/mol. The minimum Gasteiger partial charge on any atom is -0.446 e. The lowest BCUT2D eigenvalue weighted by Gasteiger charge is -2.19. The van der Waals surface area contributed by atoms with Crippen LogP contribution in [0.2, 0.25) is 0 Å². The smallest absolute Gasteiger partial charge is 0.274 e. The van der Waals surface area contributed by atoms with E-state index in [1.54, 1.807) is 0 Å². The van der Waals surface area contributed by atoms with Gasteiger partial charge in [0.2, 0.25) is 5.09 Å². The summed E-state index contributed by atoms with van der Waals surface area (Å²) in [7, 11) is -3.62. The van der Waals surface area contributed by atoms with Gasteiger partial charge < -0.3 is 14.4 Å². The molecule has 1 aromatic heterocycles. The summed E-state index contributed by atoms with van der Waals surface area (Å²) < 4.78 is 31.3. The molecule has 2 N–H and O–H groups in total. The maximum atomic E-state index is 11.9. The molecule has 0 saturated carbocycles. The van der Waals surface area contributed by atoms with Crippen LogP contribution in [-0.4, -0.2) is 44.6 Å². The van der Waals surface area contributed by atoms with E-state index >= 15 is 0 Å². The van der Waals surface area contributed by atoms with Crippen LogP contribution >= 0.6 is 0 Å². The quantitative estimate of drug-likeness (QED) is 0.702. The predicted molar refractivity (Wildman–Crippen MR) is 72.2 cm³/mol. The average Bonchev–Trinajstić information content (AvgIpc) is 2.87. The lowest BCUT2D eigenvalue weighted by molar-refractivity contribution is 0.236. The summed E-state index contributed by atoms with van der Waals surface area (Å²) in [5.74, 6) is 0.238. The summed E-state index contributed by atoms with van der Waals surface area (Å²) in [4.78, 5) is 2.17. The molecule has 0 saturated heterocycles. The topological polar surface area (TPSA) is 82.8 Å². The van der Waals surface area contributed by atoms with Gasteiger partial charge in [-0.3, -0.25) is 0 Å². The van der Waals surface area contributed by atoms with Crippen LogP contribution < -0.4 is 4.72 Å². The zero-order valence-corrected chi connectivity index (χ0v) is 12.2. The molecule has 0 amide bonds. The van der Waals surface area contributed by atoms with Gasteiger partial charge in [0.15, 0.2) is 0 Å². The normalized spacial score (nSPS) is 12.2. The molecule has 1 rings (SSSR count). The molecule has 110 valence electrons. The predicted octanol–water partition coefficient (Wildman–Crippen LogP) is 0.782. The van der Waals surface area contributed by atoms with Gasteiger partial charge in [-0.2, -0.15) is 0 Å². The first kappa shape index (κ1) is 16.2.